The maximum absolute atomic E-state index is 13.7. The number of benzene rings is 1. The molecule has 1 fully saturated rings. The fourth-order valence-corrected chi connectivity index (χ4v) is 2.64. The van der Waals surface area contributed by atoms with Gasteiger partial charge in [-0.15, -0.1) is 0 Å². The summed E-state index contributed by atoms with van der Waals surface area (Å²) in [5, 5.41) is 3.38. The van der Waals surface area contributed by atoms with Crippen molar-refractivity contribution in [3.8, 4) is 5.75 Å². The van der Waals surface area contributed by atoms with Gasteiger partial charge in [0.1, 0.15) is 0 Å². The lowest BCUT2D eigenvalue weighted by Crippen LogP contribution is -2.48. The van der Waals surface area contributed by atoms with Gasteiger partial charge in [-0.3, -0.25) is 0 Å². The Morgan fingerprint density at radius 2 is 2.32 bits per heavy atom. The molecule has 1 aromatic rings. The Bertz CT molecular complexity index is 434. The molecular formula is C15H22FNO2. The van der Waals surface area contributed by atoms with Crippen molar-refractivity contribution in [3.05, 3.63) is 29.6 Å². The zero-order chi connectivity index (χ0) is 13.9. The number of morpholine rings is 1. The number of rotatable bonds is 4. The Labute approximate surface area is 114 Å². The normalized spacial score (nSPS) is 27.3. The molecule has 1 aliphatic rings. The molecule has 106 valence electrons. The van der Waals surface area contributed by atoms with Gasteiger partial charge in [0.15, 0.2) is 11.6 Å². The van der Waals surface area contributed by atoms with Crippen LogP contribution in [0.1, 0.15) is 38.4 Å². The molecule has 1 N–H and O–H groups in total. The monoisotopic (exact) mass is 267 g/mol. The van der Waals surface area contributed by atoms with Crippen molar-refractivity contribution < 1.29 is 13.9 Å². The zero-order valence-corrected chi connectivity index (χ0v) is 11.8. The summed E-state index contributed by atoms with van der Waals surface area (Å²) >= 11 is 0. The van der Waals surface area contributed by atoms with E-state index in [9.17, 15) is 4.39 Å². The molecule has 4 heteroatoms. The highest BCUT2D eigenvalue weighted by molar-refractivity contribution is 5.31. The lowest BCUT2D eigenvalue weighted by atomic mass is 9.96. The van der Waals surface area contributed by atoms with Crippen LogP contribution in [0.2, 0.25) is 0 Å². The molecule has 2 atom stereocenters. The summed E-state index contributed by atoms with van der Waals surface area (Å²) in [5.41, 5.74) is 0.682. The Morgan fingerprint density at radius 3 is 2.95 bits per heavy atom. The van der Waals surface area contributed by atoms with Gasteiger partial charge < -0.3 is 14.8 Å². The first-order valence-electron chi connectivity index (χ1n) is 6.80. The summed E-state index contributed by atoms with van der Waals surface area (Å²) in [5.74, 6) is -0.0739. The summed E-state index contributed by atoms with van der Waals surface area (Å²) < 4.78 is 24.8. The summed E-state index contributed by atoms with van der Waals surface area (Å²) in [6, 6.07) is 5.02. The van der Waals surface area contributed by atoms with E-state index in [1.165, 1.54) is 13.2 Å². The van der Waals surface area contributed by atoms with Crippen molar-refractivity contribution in [3.63, 3.8) is 0 Å². The third kappa shape index (κ3) is 3.25. The van der Waals surface area contributed by atoms with Gasteiger partial charge in [0.2, 0.25) is 0 Å². The van der Waals surface area contributed by atoms with Crippen LogP contribution in [0.15, 0.2) is 18.2 Å². The largest absolute Gasteiger partial charge is 0.494 e. The second-order valence-electron chi connectivity index (χ2n) is 5.33. The lowest BCUT2D eigenvalue weighted by Gasteiger charge is -2.39. The lowest BCUT2D eigenvalue weighted by molar-refractivity contribution is -0.112. The maximum Gasteiger partial charge on any atom is 0.165 e. The molecule has 0 saturated carbocycles. The molecule has 2 unspecified atom stereocenters. The third-order valence-electron chi connectivity index (χ3n) is 3.58. The van der Waals surface area contributed by atoms with E-state index in [1.807, 2.05) is 6.07 Å². The van der Waals surface area contributed by atoms with Crippen LogP contribution in [0.25, 0.3) is 0 Å². The van der Waals surface area contributed by atoms with Crippen LogP contribution in [0.5, 0.6) is 5.75 Å². The summed E-state index contributed by atoms with van der Waals surface area (Å²) in [6.07, 6.45) is 1.96. The Morgan fingerprint density at radius 1 is 1.53 bits per heavy atom. The van der Waals surface area contributed by atoms with E-state index in [2.05, 4.69) is 19.2 Å². The number of ether oxygens (including phenoxy) is 2. The number of hydrogen-bond acceptors (Lipinski definition) is 3. The molecule has 1 heterocycles. The van der Waals surface area contributed by atoms with Crippen LogP contribution in [0.4, 0.5) is 4.39 Å². The van der Waals surface area contributed by atoms with E-state index in [1.54, 1.807) is 6.07 Å². The topological polar surface area (TPSA) is 30.5 Å². The molecule has 1 aromatic carbocycles. The molecular weight excluding hydrogens is 245 g/mol. The molecule has 19 heavy (non-hydrogen) atoms. The van der Waals surface area contributed by atoms with E-state index < -0.39 is 0 Å². The van der Waals surface area contributed by atoms with Crippen molar-refractivity contribution in [1.82, 2.24) is 5.32 Å². The van der Waals surface area contributed by atoms with Gasteiger partial charge in [-0.1, -0.05) is 19.4 Å². The summed E-state index contributed by atoms with van der Waals surface area (Å²) in [6.45, 7) is 5.81. The van der Waals surface area contributed by atoms with Gasteiger partial charge in [-0.25, -0.2) is 4.39 Å². The minimum atomic E-state index is -0.341. The van der Waals surface area contributed by atoms with Gasteiger partial charge in [0, 0.05) is 13.1 Å². The predicted octanol–water partition coefficient (Wildman–Crippen LogP) is 3.05. The highest BCUT2D eigenvalue weighted by Gasteiger charge is 2.32. The average molecular weight is 267 g/mol. The fraction of sp³-hybridized carbons (Fsp3) is 0.600. The van der Waals surface area contributed by atoms with Gasteiger partial charge in [-0.2, -0.15) is 0 Å². The standard InChI is InChI=1S/C15H22FNO2/c1-4-7-15(2)10-17-9-14(19-15)11-5-6-13(18-3)12(16)8-11/h5-6,8,14,17H,4,7,9-10H2,1-3H3. The third-order valence-corrected chi connectivity index (χ3v) is 3.58. The maximum atomic E-state index is 13.7. The first kappa shape index (κ1) is 14.3. The molecule has 3 nitrogen and oxygen atoms in total. The van der Waals surface area contributed by atoms with Crippen molar-refractivity contribution in [1.29, 1.82) is 0 Å². The van der Waals surface area contributed by atoms with Crippen molar-refractivity contribution in [2.45, 2.75) is 38.4 Å². The Hall–Kier alpha value is -1.13. The minimum absolute atomic E-state index is 0.106. The molecule has 1 saturated heterocycles. The second kappa shape index (κ2) is 5.88. The van der Waals surface area contributed by atoms with E-state index in [-0.39, 0.29) is 23.3 Å². The van der Waals surface area contributed by atoms with Crippen LogP contribution in [-0.4, -0.2) is 25.8 Å². The first-order chi connectivity index (χ1) is 9.08. The molecule has 0 aromatic heterocycles. The van der Waals surface area contributed by atoms with E-state index in [4.69, 9.17) is 9.47 Å². The minimum Gasteiger partial charge on any atom is -0.494 e. The van der Waals surface area contributed by atoms with Crippen LogP contribution in [0.3, 0.4) is 0 Å². The van der Waals surface area contributed by atoms with Crippen LogP contribution >= 0.6 is 0 Å². The molecule has 0 bridgehead atoms. The highest BCUT2D eigenvalue weighted by atomic mass is 19.1. The smallest absolute Gasteiger partial charge is 0.165 e. The highest BCUT2D eigenvalue weighted by Crippen LogP contribution is 2.31. The van der Waals surface area contributed by atoms with Crippen LogP contribution in [-0.2, 0) is 4.74 Å². The molecule has 0 amide bonds. The quantitative estimate of drug-likeness (QED) is 0.909. The second-order valence-corrected chi connectivity index (χ2v) is 5.33. The van der Waals surface area contributed by atoms with Gasteiger partial charge in [0.05, 0.1) is 18.8 Å². The Kier molecular flexibility index (Phi) is 4.42. The fourth-order valence-electron chi connectivity index (χ4n) is 2.64. The van der Waals surface area contributed by atoms with Gasteiger partial charge >= 0.3 is 0 Å². The Balaban J connectivity index is 2.15. The van der Waals surface area contributed by atoms with Crippen LogP contribution < -0.4 is 10.1 Å². The van der Waals surface area contributed by atoms with Gasteiger partial charge in [-0.05, 0) is 31.0 Å². The SMILES string of the molecule is CCCC1(C)CNCC(c2ccc(OC)c(F)c2)O1. The van der Waals surface area contributed by atoms with Crippen molar-refractivity contribution >= 4 is 0 Å². The first-order valence-corrected chi connectivity index (χ1v) is 6.80. The summed E-state index contributed by atoms with van der Waals surface area (Å²) in [7, 11) is 1.47. The predicted molar refractivity (Wildman–Crippen MR) is 73.0 cm³/mol. The van der Waals surface area contributed by atoms with E-state index >= 15 is 0 Å². The van der Waals surface area contributed by atoms with E-state index in [0.717, 1.165) is 24.9 Å². The molecule has 0 aliphatic carbocycles. The molecule has 0 radical (unpaired) electrons. The number of halogens is 1. The molecule has 1 aliphatic heterocycles. The van der Waals surface area contributed by atoms with Crippen molar-refractivity contribution in [2.24, 2.45) is 0 Å². The average Bonchev–Trinajstić information content (AvgIpc) is 2.38. The van der Waals surface area contributed by atoms with E-state index in [0.29, 0.717) is 6.54 Å². The number of nitrogens with one attached hydrogen (secondary N) is 1. The van der Waals surface area contributed by atoms with Gasteiger partial charge in [0.25, 0.3) is 0 Å². The molecule has 2 rings (SSSR count). The van der Waals surface area contributed by atoms with Crippen molar-refractivity contribution in [2.75, 3.05) is 20.2 Å². The zero-order valence-electron chi connectivity index (χ0n) is 11.8. The summed E-state index contributed by atoms with van der Waals surface area (Å²) in [4.78, 5) is 0. The number of hydrogen-bond donors (Lipinski definition) is 1. The van der Waals surface area contributed by atoms with Crippen LogP contribution in [0, 0.1) is 5.82 Å². The number of methoxy groups -OCH3 is 1. The molecule has 0 spiro atoms.